The van der Waals surface area contributed by atoms with Crippen molar-refractivity contribution in [3.63, 3.8) is 0 Å². The van der Waals surface area contributed by atoms with E-state index >= 15 is 0 Å². The summed E-state index contributed by atoms with van der Waals surface area (Å²) in [7, 11) is 0. The lowest BCUT2D eigenvalue weighted by Crippen LogP contribution is -2.38. The fraction of sp³-hybridized carbons (Fsp3) is 0.364. The number of thiocarbonyl (C=S) groups is 1. The molecule has 0 aromatic heterocycles. The number of para-hydroxylation sites is 1. The van der Waals surface area contributed by atoms with E-state index in [0.717, 1.165) is 43.4 Å². The van der Waals surface area contributed by atoms with Gasteiger partial charge in [-0.15, -0.1) is 0 Å². The maximum absolute atomic E-state index is 13.2. The molecule has 1 aliphatic heterocycles. The van der Waals surface area contributed by atoms with Crippen LogP contribution >= 0.6 is 12.2 Å². The Kier molecular flexibility index (Phi) is 7.50. The summed E-state index contributed by atoms with van der Waals surface area (Å²) in [5, 5.41) is 5.84. The molecular weight excluding hydrogens is 425 g/mol. The van der Waals surface area contributed by atoms with Gasteiger partial charge in [-0.2, -0.15) is 13.2 Å². The number of hydrogen-bond donors (Lipinski definition) is 2. The van der Waals surface area contributed by atoms with E-state index in [1.54, 1.807) is 6.07 Å². The normalized spacial score (nSPS) is 15.3. The van der Waals surface area contributed by atoms with Crippen LogP contribution in [-0.2, 0) is 17.5 Å². The summed E-state index contributed by atoms with van der Waals surface area (Å²) in [6.07, 6.45) is -3.59. The number of amides is 1. The summed E-state index contributed by atoms with van der Waals surface area (Å²) in [6, 6.07) is 13.1. The SMILES string of the molecule is CC(=O)Nc1ccc(CN2CCCN(C(=S)Nc3ccccc3C(F)(F)F)CC2)cc1. The zero-order valence-electron chi connectivity index (χ0n) is 17.2. The van der Waals surface area contributed by atoms with E-state index in [9.17, 15) is 18.0 Å². The number of carbonyl (C=O) groups is 1. The summed E-state index contributed by atoms with van der Waals surface area (Å²) >= 11 is 5.41. The van der Waals surface area contributed by atoms with Gasteiger partial charge in [0, 0.05) is 45.3 Å². The van der Waals surface area contributed by atoms with Crippen molar-refractivity contribution in [1.29, 1.82) is 0 Å². The first kappa shape index (κ1) is 23.0. The van der Waals surface area contributed by atoms with E-state index in [4.69, 9.17) is 12.2 Å². The number of hydrogen-bond acceptors (Lipinski definition) is 3. The third-order valence-corrected chi connectivity index (χ3v) is 5.39. The third kappa shape index (κ3) is 6.67. The van der Waals surface area contributed by atoms with Gasteiger partial charge in [-0.05, 0) is 48.5 Å². The minimum absolute atomic E-state index is 0.0274. The number of alkyl halides is 3. The van der Waals surface area contributed by atoms with Gasteiger partial charge in [0.05, 0.1) is 11.3 Å². The summed E-state index contributed by atoms with van der Waals surface area (Å²) in [5.74, 6) is -0.109. The Balaban J connectivity index is 1.56. The van der Waals surface area contributed by atoms with Gasteiger partial charge in [-0.25, -0.2) is 0 Å². The van der Waals surface area contributed by atoms with Gasteiger partial charge in [-0.1, -0.05) is 24.3 Å². The van der Waals surface area contributed by atoms with Crippen LogP contribution in [-0.4, -0.2) is 47.0 Å². The Hall–Kier alpha value is -2.65. The number of nitrogens with zero attached hydrogens (tertiary/aromatic N) is 2. The van der Waals surface area contributed by atoms with E-state index in [0.29, 0.717) is 18.2 Å². The molecular formula is C22H25F3N4OS. The summed E-state index contributed by atoms with van der Waals surface area (Å²) in [5.41, 5.74) is 1.13. The van der Waals surface area contributed by atoms with Crippen LogP contribution in [0.2, 0.25) is 0 Å². The highest BCUT2D eigenvalue weighted by Gasteiger charge is 2.33. The molecule has 0 unspecified atom stereocenters. The van der Waals surface area contributed by atoms with Crippen LogP contribution in [0.3, 0.4) is 0 Å². The molecule has 1 saturated heterocycles. The maximum atomic E-state index is 13.2. The van der Waals surface area contributed by atoms with Gasteiger partial charge >= 0.3 is 6.18 Å². The lowest BCUT2D eigenvalue weighted by atomic mass is 10.1. The summed E-state index contributed by atoms with van der Waals surface area (Å²) in [6.45, 7) is 5.15. The number of rotatable bonds is 4. The Labute approximate surface area is 185 Å². The molecule has 0 aliphatic carbocycles. The van der Waals surface area contributed by atoms with Crippen LogP contribution in [0.15, 0.2) is 48.5 Å². The van der Waals surface area contributed by atoms with Crippen LogP contribution < -0.4 is 10.6 Å². The number of benzene rings is 2. The second-order valence-corrected chi connectivity index (χ2v) is 7.86. The Bertz CT molecular complexity index is 918. The molecule has 2 N–H and O–H groups in total. The number of carbonyl (C=O) groups excluding carboxylic acids is 1. The first-order valence-corrected chi connectivity index (χ1v) is 10.4. The van der Waals surface area contributed by atoms with Crippen molar-refractivity contribution in [2.75, 3.05) is 36.8 Å². The Morgan fingerprint density at radius 3 is 2.39 bits per heavy atom. The first-order chi connectivity index (χ1) is 14.7. The van der Waals surface area contributed by atoms with Crippen molar-refractivity contribution < 1.29 is 18.0 Å². The molecule has 1 aliphatic rings. The second kappa shape index (κ2) is 10.1. The van der Waals surface area contributed by atoms with Crippen LogP contribution in [0, 0.1) is 0 Å². The van der Waals surface area contributed by atoms with Crippen molar-refractivity contribution in [3.05, 3.63) is 59.7 Å². The Morgan fingerprint density at radius 1 is 1.00 bits per heavy atom. The van der Waals surface area contributed by atoms with Crippen molar-refractivity contribution >= 4 is 34.6 Å². The monoisotopic (exact) mass is 450 g/mol. The van der Waals surface area contributed by atoms with E-state index in [2.05, 4.69) is 15.5 Å². The molecule has 5 nitrogen and oxygen atoms in total. The quantitative estimate of drug-likeness (QED) is 0.669. The van der Waals surface area contributed by atoms with Gasteiger partial charge in [-0.3, -0.25) is 9.69 Å². The molecule has 2 aromatic carbocycles. The van der Waals surface area contributed by atoms with Crippen molar-refractivity contribution in [1.82, 2.24) is 9.80 Å². The van der Waals surface area contributed by atoms with E-state index in [-0.39, 0.29) is 11.6 Å². The lowest BCUT2D eigenvalue weighted by Gasteiger charge is -2.25. The third-order valence-electron chi connectivity index (χ3n) is 5.03. The topological polar surface area (TPSA) is 47.6 Å². The standard InChI is InChI=1S/C22H25F3N4OS/c1-16(30)26-18-9-7-17(8-10-18)15-28-11-4-12-29(14-13-28)21(31)27-20-6-3-2-5-19(20)22(23,24)25/h2-3,5-10H,4,11-15H2,1H3,(H,26,30)(H,27,31). The number of halogens is 3. The predicted molar refractivity (Wildman–Crippen MR) is 120 cm³/mol. The Morgan fingerprint density at radius 2 is 1.71 bits per heavy atom. The largest absolute Gasteiger partial charge is 0.418 e. The summed E-state index contributed by atoms with van der Waals surface area (Å²) < 4.78 is 39.7. The first-order valence-electron chi connectivity index (χ1n) is 10.0. The van der Waals surface area contributed by atoms with Gasteiger partial charge < -0.3 is 15.5 Å². The van der Waals surface area contributed by atoms with Crippen LogP contribution in [0.1, 0.15) is 24.5 Å². The average Bonchev–Trinajstić information content (AvgIpc) is 2.94. The maximum Gasteiger partial charge on any atom is 0.418 e. The minimum Gasteiger partial charge on any atom is -0.348 e. The average molecular weight is 451 g/mol. The lowest BCUT2D eigenvalue weighted by molar-refractivity contribution is -0.136. The van der Waals surface area contributed by atoms with Gasteiger partial charge in [0.15, 0.2) is 5.11 Å². The van der Waals surface area contributed by atoms with Gasteiger partial charge in [0.2, 0.25) is 5.91 Å². The molecule has 1 amide bonds. The molecule has 0 atom stereocenters. The second-order valence-electron chi connectivity index (χ2n) is 7.47. The molecule has 0 radical (unpaired) electrons. The van der Waals surface area contributed by atoms with E-state index in [1.165, 1.54) is 19.1 Å². The molecule has 31 heavy (non-hydrogen) atoms. The fourth-order valence-corrected chi connectivity index (χ4v) is 3.81. The highest BCUT2D eigenvalue weighted by molar-refractivity contribution is 7.80. The number of anilines is 2. The minimum atomic E-state index is -4.44. The van der Waals surface area contributed by atoms with Crippen molar-refractivity contribution in [2.24, 2.45) is 0 Å². The molecule has 1 fully saturated rings. The highest BCUT2D eigenvalue weighted by Crippen LogP contribution is 2.34. The molecule has 0 saturated carbocycles. The zero-order chi connectivity index (χ0) is 22.4. The van der Waals surface area contributed by atoms with E-state index < -0.39 is 11.7 Å². The van der Waals surface area contributed by atoms with Gasteiger partial charge in [0.25, 0.3) is 0 Å². The van der Waals surface area contributed by atoms with Crippen LogP contribution in [0.4, 0.5) is 24.5 Å². The fourth-order valence-electron chi connectivity index (χ4n) is 3.52. The van der Waals surface area contributed by atoms with Crippen molar-refractivity contribution in [3.8, 4) is 0 Å². The molecule has 3 rings (SSSR count). The molecule has 166 valence electrons. The zero-order valence-corrected chi connectivity index (χ0v) is 18.0. The molecule has 1 heterocycles. The van der Waals surface area contributed by atoms with E-state index in [1.807, 2.05) is 29.2 Å². The molecule has 0 bridgehead atoms. The van der Waals surface area contributed by atoms with Crippen LogP contribution in [0.25, 0.3) is 0 Å². The highest BCUT2D eigenvalue weighted by atomic mass is 32.1. The van der Waals surface area contributed by atoms with Gasteiger partial charge in [0.1, 0.15) is 0 Å². The molecule has 0 spiro atoms. The predicted octanol–water partition coefficient (Wildman–Crippen LogP) is 4.57. The molecule has 9 heteroatoms. The van der Waals surface area contributed by atoms with Crippen molar-refractivity contribution in [2.45, 2.75) is 26.1 Å². The number of nitrogens with one attached hydrogen (secondary N) is 2. The smallest absolute Gasteiger partial charge is 0.348 e. The molecule has 2 aromatic rings. The van der Waals surface area contributed by atoms with Crippen LogP contribution in [0.5, 0.6) is 0 Å². The summed E-state index contributed by atoms with van der Waals surface area (Å²) in [4.78, 5) is 15.3.